The molecule has 0 unspecified atom stereocenters. The fraction of sp³-hybridized carbons (Fsp3) is 0.0714. The second kappa shape index (κ2) is 6.60. The van der Waals surface area contributed by atoms with Crippen molar-refractivity contribution >= 4 is 56.1 Å². The fourth-order valence-corrected chi connectivity index (χ4v) is 2.73. The Hall–Kier alpha value is -1.37. The number of halogens is 3. The number of benzene rings is 2. The highest BCUT2D eigenvalue weighted by atomic mass is 79.9. The third-order valence-electron chi connectivity index (χ3n) is 2.79. The minimum atomic E-state index is -0.501. The van der Waals surface area contributed by atoms with Crippen molar-refractivity contribution < 1.29 is 9.13 Å². The highest BCUT2D eigenvalue weighted by molar-refractivity contribution is 9.10. The molecule has 0 aliphatic carbocycles. The van der Waals surface area contributed by atoms with Gasteiger partial charge in [-0.25, -0.2) is 4.39 Å². The van der Waals surface area contributed by atoms with E-state index in [4.69, 9.17) is 34.3 Å². The first-order valence-corrected chi connectivity index (χ1v) is 7.40. The number of anilines is 2. The first kappa shape index (κ1) is 16.0. The molecule has 0 fully saturated rings. The molecule has 0 atom stereocenters. The van der Waals surface area contributed by atoms with E-state index >= 15 is 0 Å². The Morgan fingerprint density at radius 1 is 1.33 bits per heavy atom. The molecular formula is C14H11BrClFN2OS. The van der Waals surface area contributed by atoms with E-state index in [-0.39, 0.29) is 15.1 Å². The maximum absolute atomic E-state index is 14.3. The Morgan fingerprint density at radius 2 is 2.05 bits per heavy atom. The lowest BCUT2D eigenvalue weighted by Gasteiger charge is -2.13. The molecule has 0 radical (unpaired) electrons. The highest BCUT2D eigenvalue weighted by Gasteiger charge is 2.14. The highest BCUT2D eigenvalue weighted by Crippen LogP contribution is 2.33. The molecule has 0 spiro atoms. The van der Waals surface area contributed by atoms with Crippen LogP contribution in [0.3, 0.4) is 0 Å². The maximum atomic E-state index is 14.3. The standard InChI is InChI=1S/C14H11BrClFN2OS/c1-20-7-2-4-9(16)11(6-7)19-10-5-3-8(14(18)21)12(15)13(10)17/h2-6,19H,1H3,(H2,18,21). The zero-order valence-corrected chi connectivity index (χ0v) is 14.1. The predicted molar refractivity (Wildman–Crippen MR) is 91.3 cm³/mol. The van der Waals surface area contributed by atoms with Crippen molar-refractivity contribution in [1.29, 1.82) is 0 Å². The maximum Gasteiger partial charge on any atom is 0.161 e. The van der Waals surface area contributed by atoms with E-state index in [2.05, 4.69) is 21.2 Å². The average Bonchev–Trinajstić information content (AvgIpc) is 2.45. The topological polar surface area (TPSA) is 47.3 Å². The predicted octanol–water partition coefficient (Wildman–Crippen LogP) is 4.63. The lowest BCUT2D eigenvalue weighted by atomic mass is 10.2. The van der Waals surface area contributed by atoms with Gasteiger partial charge in [-0.15, -0.1) is 0 Å². The van der Waals surface area contributed by atoms with Gasteiger partial charge in [-0.2, -0.15) is 0 Å². The summed E-state index contributed by atoms with van der Waals surface area (Å²) in [7, 11) is 1.54. The monoisotopic (exact) mass is 388 g/mol. The largest absolute Gasteiger partial charge is 0.497 e. The van der Waals surface area contributed by atoms with Crippen LogP contribution in [0.2, 0.25) is 5.02 Å². The Kier molecular flexibility index (Phi) is 5.03. The van der Waals surface area contributed by atoms with Crippen LogP contribution in [-0.2, 0) is 0 Å². The van der Waals surface area contributed by atoms with Crippen LogP contribution >= 0.6 is 39.7 Å². The summed E-state index contributed by atoms with van der Waals surface area (Å²) in [5.74, 6) is 0.111. The molecule has 2 rings (SSSR count). The third-order valence-corrected chi connectivity index (χ3v) is 4.12. The average molecular weight is 390 g/mol. The minimum Gasteiger partial charge on any atom is -0.497 e. The molecule has 0 saturated heterocycles. The van der Waals surface area contributed by atoms with Crippen molar-refractivity contribution in [3.05, 3.63) is 51.2 Å². The zero-order chi connectivity index (χ0) is 15.6. The Labute approximate surface area is 140 Å². The Balaban J connectivity index is 2.41. The van der Waals surface area contributed by atoms with Crippen molar-refractivity contribution in [1.82, 2.24) is 0 Å². The summed E-state index contributed by atoms with van der Waals surface area (Å²) < 4.78 is 19.6. The van der Waals surface area contributed by atoms with Crippen LogP contribution in [0.15, 0.2) is 34.8 Å². The van der Waals surface area contributed by atoms with Crippen molar-refractivity contribution in [2.45, 2.75) is 0 Å². The van der Waals surface area contributed by atoms with Crippen LogP contribution in [0.4, 0.5) is 15.8 Å². The second-order valence-electron chi connectivity index (χ2n) is 4.12. The van der Waals surface area contributed by atoms with E-state index in [9.17, 15) is 4.39 Å². The number of hydrogen-bond donors (Lipinski definition) is 2. The quantitative estimate of drug-likeness (QED) is 0.749. The van der Waals surface area contributed by atoms with Crippen LogP contribution in [0.5, 0.6) is 5.75 Å². The molecule has 2 aromatic rings. The van der Waals surface area contributed by atoms with E-state index in [0.29, 0.717) is 22.0 Å². The molecule has 2 aromatic carbocycles. The van der Waals surface area contributed by atoms with Gasteiger partial charge in [0.05, 0.1) is 28.0 Å². The van der Waals surface area contributed by atoms with Crippen LogP contribution in [0, 0.1) is 5.82 Å². The molecule has 3 N–H and O–H groups in total. The van der Waals surface area contributed by atoms with Gasteiger partial charge in [0.25, 0.3) is 0 Å². The number of thiocarbonyl (C=S) groups is 1. The normalized spacial score (nSPS) is 10.3. The second-order valence-corrected chi connectivity index (χ2v) is 5.76. The fourth-order valence-electron chi connectivity index (χ4n) is 1.71. The van der Waals surface area contributed by atoms with Crippen LogP contribution in [0.25, 0.3) is 0 Å². The number of ether oxygens (including phenoxy) is 1. The molecule has 3 nitrogen and oxygen atoms in total. The van der Waals surface area contributed by atoms with Gasteiger partial charge in [-0.05, 0) is 40.2 Å². The van der Waals surface area contributed by atoms with E-state index in [0.717, 1.165) is 0 Å². The number of methoxy groups -OCH3 is 1. The van der Waals surface area contributed by atoms with Gasteiger partial charge < -0.3 is 15.8 Å². The molecule has 7 heteroatoms. The van der Waals surface area contributed by atoms with E-state index in [1.54, 1.807) is 37.4 Å². The molecule has 0 bridgehead atoms. The summed E-state index contributed by atoms with van der Waals surface area (Å²) in [6.45, 7) is 0. The SMILES string of the molecule is COc1ccc(Cl)c(Nc2ccc(C(N)=S)c(Br)c2F)c1. The molecule has 0 aromatic heterocycles. The molecule has 0 heterocycles. The van der Waals surface area contributed by atoms with Crippen LogP contribution in [-0.4, -0.2) is 12.1 Å². The molecule has 0 aliphatic rings. The zero-order valence-electron chi connectivity index (χ0n) is 10.9. The van der Waals surface area contributed by atoms with Gasteiger partial charge >= 0.3 is 0 Å². The molecular weight excluding hydrogens is 379 g/mol. The van der Waals surface area contributed by atoms with Crippen LogP contribution in [0.1, 0.15) is 5.56 Å². The lowest BCUT2D eigenvalue weighted by molar-refractivity contribution is 0.415. The summed E-state index contributed by atoms with van der Waals surface area (Å²) in [6.07, 6.45) is 0. The van der Waals surface area contributed by atoms with E-state index in [1.807, 2.05) is 0 Å². The summed E-state index contributed by atoms with van der Waals surface area (Å²) >= 11 is 14.1. The summed E-state index contributed by atoms with van der Waals surface area (Å²) in [5, 5.41) is 3.37. The minimum absolute atomic E-state index is 0.117. The van der Waals surface area contributed by atoms with Crippen molar-refractivity contribution in [2.24, 2.45) is 5.73 Å². The number of rotatable bonds is 4. The molecule has 110 valence electrons. The smallest absolute Gasteiger partial charge is 0.161 e. The first-order valence-electron chi connectivity index (χ1n) is 5.82. The van der Waals surface area contributed by atoms with E-state index in [1.165, 1.54) is 0 Å². The Bertz CT molecular complexity index is 712. The van der Waals surface area contributed by atoms with Gasteiger partial charge in [0.1, 0.15) is 10.7 Å². The lowest BCUT2D eigenvalue weighted by Crippen LogP contribution is -2.11. The summed E-state index contributed by atoms with van der Waals surface area (Å²) in [4.78, 5) is 0.117. The van der Waals surface area contributed by atoms with E-state index < -0.39 is 5.82 Å². The molecule has 0 amide bonds. The molecule has 21 heavy (non-hydrogen) atoms. The first-order chi connectivity index (χ1) is 9.93. The number of nitrogens with one attached hydrogen (secondary N) is 1. The van der Waals surface area contributed by atoms with Gasteiger partial charge in [-0.3, -0.25) is 0 Å². The number of nitrogens with two attached hydrogens (primary N) is 1. The van der Waals surface area contributed by atoms with Crippen molar-refractivity contribution in [3.63, 3.8) is 0 Å². The van der Waals surface area contributed by atoms with Gasteiger partial charge in [-0.1, -0.05) is 23.8 Å². The molecule has 0 aliphatic heterocycles. The Morgan fingerprint density at radius 3 is 2.67 bits per heavy atom. The molecule has 0 saturated carbocycles. The summed E-state index contributed by atoms with van der Waals surface area (Å²) in [6, 6.07) is 8.24. The third kappa shape index (κ3) is 3.45. The van der Waals surface area contributed by atoms with Crippen molar-refractivity contribution in [2.75, 3.05) is 12.4 Å². The van der Waals surface area contributed by atoms with Gasteiger partial charge in [0, 0.05) is 11.6 Å². The number of hydrogen-bond acceptors (Lipinski definition) is 3. The summed E-state index contributed by atoms with van der Waals surface area (Å²) in [5.41, 5.74) is 6.74. The van der Waals surface area contributed by atoms with Gasteiger partial charge in [0.2, 0.25) is 0 Å². The van der Waals surface area contributed by atoms with Crippen molar-refractivity contribution in [3.8, 4) is 5.75 Å². The van der Waals surface area contributed by atoms with Crippen LogP contribution < -0.4 is 15.8 Å². The van der Waals surface area contributed by atoms with Gasteiger partial charge in [0.15, 0.2) is 5.82 Å².